The summed E-state index contributed by atoms with van der Waals surface area (Å²) in [5.41, 5.74) is 1.53. The summed E-state index contributed by atoms with van der Waals surface area (Å²) >= 11 is 0. The molecule has 112 valence electrons. The Morgan fingerprint density at radius 3 is 2.32 bits per heavy atom. The van der Waals surface area contributed by atoms with Gasteiger partial charge in [0.15, 0.2) is 0 Å². The number of unbranched alkanes of at least 4 members (excludes halogenated alkanes) is 1. The van der Waals surface area contributed by atoms with Crippen molar-refractivity contribution in [2.24, 2.45) is 5.84 Å². The fourth-order valence-electron chi connectivity index (χ4n) is 2.41. The topological polar surface area (TPSA) is 81.8 Å². The Hall–Kier alpha value is -0.690. The molecule has 0 aromatic carbocycles. The largest absolute Gasteiger partial charge is 0.389 e. The number of hydrogen-bond donors (Lipinski definition) is 3. The van der Waals surface area contributed by atoms with E-state index in [1.54, 1.807) is 0 Å². The zero-order valence-corrected chi connectivity index (χ0v) is 12.2. The van der Waals surface area contributed by atoms with E-state index in [-0.39, 0.29) is 5.91 Å². The van der Waals surface area contributed by atoms with Gasteiger partial charge in [-0.3, -0.25) is 15.1 Å². The van der Waals surface area contributed by atoms with Gasteiger partial charge in [0.05, 0.1) is 5.60 Å². The molecular weight excluding hydrogens is 244 g/mol. The van der Waals surface area contributed by atoms with Crippen LogP contribution < -0.4 is 11.3 Å². The summed E-state index contributed by atoms with van der Waals surface area (Å²) in [6.07, 6.45) is 2.42. The average Bonchev–Trinajstić information content (AvgIpc) is 2.34. The Bertz CT molecular complexity index is 270. The summed E-state index contributed by atoms with van der Waals surface area (Å²) in [5.74, 6) is 4.94. The van der Waals surface area contributed by atoms with Gasteiger partial charge in [0.1, 0.15) is 0 Å². The first-order valence-electron chi connectivity index (χ1n) is 7.07. The van der Waals surface area contributed by atoms with Gasteiger partial charge >= 0.3 is 0 Å². The van der Waals surface area contributed by atoms with Crippen LogP contribution in [-0.2, 0) is 4.79 Å². The predicted molar refractivity (Wildman–Crippen MR) is 75.4 cm³/mol. The summed E-state index contributed by atoms with van der Waals surface area (Å²) in [4.78, 5) is 15.7. The number of nitrogens with one attached hydrogen (secondary N) is 1. The highest BCUT2D eigenvalue weighted by Gasteiger charge is 2.22. The van der Waals surface area contributed by atoms with Gasteiger partial charge in [0.25, 0.3) is 0 Å². The van der Waals surface area contributed by atoms with Crippen LogP contribution in [0, 0.1) is 0 Å². The molecule has 0 spiro atoms. The highest BCUT2D eigenvalue weighted by molar-refractivity contribution is 5.75. The number of hydrazine groups is 1. The van der Waals surface area contributed by atoms with Crippen molar-refractivity contribution in [1.29, 1.82) is 0 Å². The molecule has 4 N–H and O–H groups in total. The molecule has 0 saturated carbocycles. The maximum absolute atomic E-state index is 11.0. The van der Waals surface area contributed by atoms with E-state index in [9.17, 15) is 9.90 Å². The number of nitrogens with two attached hydrogens (primary N) is 1. The van der Waals surface area contributed by atoms with Crippen molar-refractivity contribution in [2.45, 2.75) is 38.7 Å². The molecular formula is C13H28N4O2. The summed E-state index contributed by atoms with van der Waals surface area (Å²) < 4.78 is 0. The zero-order valence-electron chi connectivity index (χ0n) is 12.2. The molecule has 0 unspecified atom stereocenters. The lowest BCUT2D eigenvalue weighted by Gasteiger charge is -2.37. The molecule has 1 heterocycles. The van der Waals surface area contributed by atoms with Crippen molar-refractivity contribution in [3.8, 4) is 0 Å². The van der Waals surface area contributed by atoms with Gasteiger partial charge in [-0.15, -0.1) is 0 Å². The molecule has 1 saturated heterocycles. The molecule has 19 heavy (non-hydrogen) atoms. The average molecular weight is 272 g/mol. The minimum Gasteiger partial charge on any atom is -0.389 e. The minimum atomic E-state index is -0.613. The number of rotatable bonds is 7. The second-order valence-corrected chi connectivity index (χ2v) is 5.95. The second kappa shape index (κ2) is 7.79. The molecule has 1 amide bonds. The normalized spacial score (nSPS) is 18.5. The Kier molecular flexibility index (Phi) is 6.71. The van der Waals surface area contributed by atoms with E-state index in [2.05, 4.69) is 15.2 Å². The molecule has 6 nitrogen and oxygen atoms in total. The van der Waals surface area contributed by atoms with E-state index in [0.717, 1.165) is 52.1 Å². The number of amides is 1. The van der Waals surface area contributed by atoms with Crippen LogP contribution in [0.2, 0.25) is 0 Å². The monoisotopic (exact) mass is 272 g/mol. The first-order valence-corrected chi connectivity index (χ1v) is 7.07. The van der Waals surface area contributed by atoms with E-state index in [4.69, 9.17) is 5.84 Å². The summed E-state index contributed by atoms with van der Waals surface area (Å²) in [6, 6.07) is 0. The number of β-amino-alcohol motifs (C(OH)–C–C–N with tert-alkyl or cyclic N) is 1. The lowest BCUT2D eigenvalue weighted by molar-refractivity contribution is -0.121. The number of piperazine rings is 1. The van der Waals surface area contributed by atoms with Crippen LogP contribution in [0.5, 0.6) is 0 Å². The molecule has 0 aromatic heterocycles. The van der Waals surface area contributed by atoms with Crippen LogP contribution in [-0.4, -0.2) is 65.7 Å². The Morgan fingerprint density at radius 2 is 1.79 bits per heavy atom. The lowest BCUT2D eigenvalue weighted by atomic mass is 10.1. The molecule has 0 aromatic rings. The molecule has 0 radical (unpaired) electrons. The van der Waals surface area contributed by atoms with Crippen LogP contribution in [0.4, 0.5) is 0 Å². The van der Waals surface area contributed by atoms with Gasteiger partial charge in [-0.25, -0.2) is 5.84 Å². The smallest absolute Gasteiger partial charge is 0.233 e. The van der Waals surface area contributed by atoms with Gasteiger partial charge in [0.2, 0.25) is 5.91 Å². The molecule has 0 atom stereocenters. The van der Waals surface area contributed by atoms with Gasteiger partial charge in [-0.05, 0) is 33.2 Å². The number of aliphatic hydroxyl groups is 1. The van der Waals surface area contributed by atoms with Crippen molar-refractivity contribution in [3.05, 3.63) is 0 Å². The van der Waals surface area contributed by atoms with E-state index < -0.39 is 5.60 Å². The SMILES string of the molecule is CC(C)(O)CN1CCN(CCCCC(=O)NN)CC1. The standard InChI is InChI=1S/C13H28N4O2/c1-13(2,19)11-17-9-7-16(8-10-17)6-4-3-5-12(18)15-14/h19H,3-11,14H2,1-2H3,(H,15,18). The molecule has 1 rings (SSSR count). The fourth-order valence-corrected chi connectivity index (χ4v) is 2.41. The number of nitrogens with zero attached hydrogens (tertiary/aromatic N) is 2. The number of carbonyl (C=O) groups is 1. The number of carbonyl (C=O) groups excluding carboxylic acids is 1. The van der Waals surface area contributed by atoms with Crippen molar-refractivity contribution in [1.82, 2.24) is 15.2 Å². The quantitative estimate of drug-likeness (QED) is 0.253. The summed E-state index contributed by atoms with van der Waals surface area (Å²) in [7, 11) is 0. The van der Waals surface area contributed by atoms with E-state index >= 15 is 0 Å². The van der Waals surface area contributed by atoms with Crippen LogP contribution >= 0.6 is 0 Å². The highest BCUT2D eigenvalue weighted by Crippen LogP contribution is 2.09. The van der Waals surface area contributed by atoms with Crippen molar-refractivity contribution < 1.29 is 9.90 Å². The van der Waals surface area contributed by atoms with Gasteiger partial charge in [0, 0.05) is 39.1 Å². The molecule has 0 aliphatic carbocycles. The molecule has 0 bridgehead atoms. The first kappa shape index (κ1) is 16.4. The van der Waals surface area contributed by atoms with Crippen LogP contribution in [0.25, 0.3) is 0 Å². The Labute approximate surface area is 115 Å². The van der Waals surface area contributed by atoms with Crippen molar-refractivity contribution >= 4 is 5.91 Å². The first-order chi connectivity index (χ1) is 8.90. The van der Waals surface area contributed by atoms with Crippen molar-refractivity contribution in [2.75, 3.05) is 39.3 Å². The molecule has 1 fully saturated rings. The fraction of sp³-hybridized carbons (Fsp3) is 0.923. The lowest BCUT2D eigenvalue weighted by Crippen LogP contribution is -2.50. The maximum atomic E-state index is 11.0. The van der Waals surface area contributed by atoms with Crippen LogP contribution in [0.1, 0.15) is 33.1 Å². The Morgan fingerprint density at radius 1 is 1.21 bits per heavy atom. The predicted octanol–water partition coefficient (Wildman–Crippen LogP) is -0.465. The van der Waals surface area contributed by atoms with E-state index in [0.29, 0.717) is 6.42 Å². The Balaban J connectivity index is 2.08. The molecule has 1 aliphatic heterocycles. The third-order valence-electron chi connectivity index (χ3n) is 3.36. The van der Waals surface area contributed by atoms with Gasteiger partial charge in [-0.1, -0.05) is 0 Å². The van der Waals surface area contributed by atoms with Crippen LogP contribution in [0.3, 0.4) is 0 Å². The molecule has 1 aliphatic rings. The molecule has 6 heteroatoms. The third-order valence-corrected chi connectivity index (χ3v) is 3.36. The highest BCUT2D eigenvalue weighted by atomic mass is 16.3. The second-order valence-electron chi connectivity index (χ2n) is 5.95. The summed E-state index contributed by atoms with van der Waals surface area (Å²) in [6.45, 7) is 9.56. The van der Waals surface area contributed by atoms with Gasteiger partial charge in [-0.2, -0.15) is 0 Å². The summed E-state index contributed by atoms with van der Waals surface area (Å²) in [5, 5.41) is 9.78. The number of hydrogen-bond acceptors (Lipinski definition) is 5. The maximum Gasteiger partial charge on any atom is 0.233 e. The zero-order chi connectivity index (χ0) is 14.3. The third kappa shape index (κ3) is 7.47. The van der Waals surface area contributed by atoms with Gasteiger partial charge < -0.3 is 10.0 Å². The van der Waals surface area contributed by atoms with E-state index in [1.807, 2.05) is 13.8 Å². The minimum absolute atomic E-state index is 0.0880. The van der Waals surface area contributed by atoms with Crippen LogP contribution in [0.15, 0.2) is 0 Å². The van der Waals surface area contributed by atoms with Crippen molar-refractivity contribution in [3.63, 3.8) is 0 Å². The van der Waals surface area contributed by atoms with E-state index in [1.165, 1.54) is 0 Å².